The molecule has 18 heavy (non-hydrogen) atoms. The highest BCUT2D eigenvalue weighted by atomic mass is 35.5. The second-order valence-electron chi connectivity index (χ2n) is 3.51. The van der Waals surface area contributed by atoms with E-state index in [1.54, 1.807) is 18.2 Å². The summed E-state index contributed by atoms with van der Waals surface area (Å²) in [5, 5.41) is 8.93. The van der Waals surface area contributed by atoms with E-state index < -0.39 is 0 Å². The van der Waals surface area contributed by atoms with E-state index in [1.165, 1.54) is 18.2 Å². The van der Waals surface area contributed by atoms with Gasteiger partial charge in [0.25, 0.3) is 0 Å². The van der Waals surface area contributed by atoms with E-state index in [4.69, 9.17) is 21.6 Å². The molecule has 3 nitrogen and oxygen atoms in total. The van der Waals surface area contributed by atoms with Gasteiger partial charge in [-0.05, 0) is 12.1 Å². The summed E-state index contributed by atoms with van der Waals surface area (Å²) in [6.07, 6.45) is 0. The van der Waals surface area contributed by atoms with E-state index in [-0.39, 0.29) is 23.5 Å². The van der Waals surface area contributed by atoms with E-state index in [1.807, 2.05) is 6.07 Å². The summed E-state index contributed by atoms with van der Waals surface area (Å²) < 4.78 is 18.6. The summed E-state index contributed by atoms with van der Waals surface area (Å²) >= 11 is 5.73. The fourth-order valence-electron chi connectivity index (χ4n) is 1.38. The lowest BCUT2D eigenvalue weighted by Crippen LogP contribution is -2.00. The monoisotopic (exact) mass is 262 g/mol. The molecule has 0 unspecified atom stereocenters. The first kappa shape index (κ1) is 12.3. The molecule has 0 saturated carbocycles. The number of hydrogen-bond donors (Lipinski definition) is 0. The number of nitriles is 1. The van der Waals surface area contributed by atoms with Gasteiger partial charge < -0.3 is 4.74 Å². The van der Waals surface area contributed by atoms with Crippen LogP contribution >= 0.6 is 11.6 Å². The molecule has 90 valence electrons. The van der Waals surface area contributed by atoms with Gasteiger partial charge in [0, 0.05) is 11.6 Å². The fraction of sp³-hybridized carbons (Fsp3) is 0.0769. The van der Waals surface area contributed by atoms with Crippen molar-refractivity contribution in [2.45, 2.75) is 6.61 Å². The minimum absolute atomic E-state index is 0.0326. The standard InChI is InChI=1S/C13H8ClFN2O/c14-12-5-9(7-16)6-13(17-12)18-8-10-3-1-2-4-11(10)15/h1-6H,8H2. The molecular formula is C13H8ClFN2O. The largest absolute Gasteiger partial charge is 0.473 e. The number of hydrogen-bond acceptors (Lipinski definition) is 3. The molecule has 1 aromatic carbocycles. The molecule has 1 aromatic heterocycles. The van der Waals surface area contributed by atoms with Crippen LogP contribution in [-0.4, -0.2) is 4.98 Å². The normalized spacial score (nSPS) is 9.83. The second kappa shape index (κ2) is 5.48. The Bertz CT molecular complexity index is 610. The summed E-state index contributed by atoms with van der Waals surface area (Å²) in [7, 11) is 0. The van der Waals surface area contributed by atoms with Crippen molar-refractivity contribution in [3.05, 3.63) is 58.5 Å². The molecular weight excluding hydrogens is 255 g/mol. The van der Waals surface area contributed by atoms with Crippen molar-refractivity contribution in [1.29, 1.82) is 5.26 Å². The van der Waals surface area contributed by atoms with Gasteiger partial charge in [-0.3, -0.25) is 0 Å². The molecule has 0 spiro atoms. The van der Waals surface area contributed by atoms with E-state index in [9.17, 15) is 4.39 Å². The van der Waals surface area contributed by atoms with Crippen molar-refractivity contribution >= 4 is 11.6 Å². The SMILES string of the molecule is N#Cc1cc(Cl)nc(OCc2ccccc2F)c1. The van der Waals surface area contributed by atoms with Crippen LogP contribution in [0.3, 0.4) is 0 Å². The first-order chi connectivity index (χ1) is 8.69. The lowest BCUT2D eigenvalue weighted by Gasteiger charge is -2.06. The van der Waals surface area contributed by atoms with E-state index in [2.05, 4.69) is 4.98 Å². The summed E-state index contributed by atoms with van der Waals surface area (Å²) in [6.45, 7) is 0.0326. The smallest absolute Gasteiger partial charge is 0.216 e. The van der Waals surface area contributed by atoms with Gasteiger partial charge in [0.1, 0.15) is 17.6 Å². The lowest BCUT2D eigenvalue weighted by molar-refractivity contribution is 0.288. The zero-order chi connectivity index (χ0) is 13.0. The van der Waals surface area contributed by atoms with Crippen LogP contribution in [0.1, 0.15) is 11.1 Å². The Labute approximate surface area is 108 Å². The number of ether oxygens (including phenoxy) is 1. The third-order valence-corrected chi connectivity index (χ3v) is 2.43. The quantitative estimate of drug-likeness (QED) is 0.797. The Hall–Kier alpha value is -2.12. The Morgan fingerprint density at radius 3 is 2.83 bits per heavy atom. The maximum atomic E-state index is 13.3. The predicted octanol–water partition coefficient (Wildman–Crippen LogP) is 3.32. The van der Waals surface area contributed by atoms with Crippen molar-refractivity contribution < 1.29 is 9.13 Å². The van der Waals surface area contributed by atoms with Gasteiger partial charge in [0.2, 0.25) is 5.88 Å². The molecule has 0 amide bonds. The van der Waals surface area contributed by atoms with Gasteiger partial charge >= 0.3 is 0 Å². The number of rotatable bonds is 3. The van der Waals surface area contributed by atoms with Crippen molar-refractivity contribution in [2.24, 2.45) is 0 Å². The van der Waals surface area contributed by atoms with E-state index in [0.29, 0.717) is 11.1 Å². The topological polar surface area (TPSA) is 45.9 Å². The molecule has 0 saturated heterocycles. The van der Waals surface area contributed by atoms with Crippen LogP contribution in [0.25, 0.3) is 0 Å². The third-order valence-electron chi connectivity index (χ3n) is 2.23. The fourth-order valence-corrected chi connectivity index (χ4v) is 1.58. The Kier molecular flexibility index (Phi) is 3.75. The lowest BCUT2D eigenvalue weighted by atomic mass is 10.2. The maximum Gasteiger partial charge on any atom is 0.216 e. The molecule has 0 bridgehead atoms. The molecule has 5 heteroatoms. The van der Waals surface area contributed by atoms with Crippen LogP contribution in [0, 0.1) is 17.1 Å². The van der Waals surface area contributed by atoms with Crippen molar-refractivity contribution in [3.8, 4) is 11.9 Å². The van der Waals surface area contributed by atoms with Crippen LogP contribution in [-0.2, 0) is 6.61 Å². The van der Waals surface area contributed by atoms with Gasteiger partial charge in [-0.2, -0.15) is 5.26 Å². The summed E-state index contributed by atoms with van der Waals surface area (Å²) in [5.74, 6) is -0.151. The van der Waals surface area contributed by atoms with Gasteiger partial charge in [-0.1, -0.05) is 29.8 Å². The van der Waals surface area contributed by atoms with Gasteiger partial charge in [0.15, 0.2) is 0 Å². The van der Waals surface area contributed by atoms with Crippen molar-refractivity contribution in [3.63, 3.8) is 0 Å². The minimum atomic E-state index is -0.347. The highest BCUT2D eigenvalue weighted by Gasteiger charge is 2.05. The van der Waals surface area contributed by atoms with Crippen LogP contribution < -0.4 is 4.74 Å². The van der Waals surface area contributed by atoms with Crippen LogP contribution in [0.15, 0.2) is 36.4 Å². The highest BCUT2D eigenvalue weighted by Crippen LogP contribution is 2.17. The molecule has 2 rings (SSSR count). The molecule has 0 aliphatic heterocycles. The molecule has 0 aliphatic carbocycles. The van der Waals surface area contributed by atoms with Gasteiger partial charge in [0.05, 0.1) is 11.6 Å². The van der Waals surface area contributed by atoms with Crippen LogP contribution in [0.5, 0.6) is 5.88 Å². The Morgan fingerprint density at radius 1 is 1.33 bits per heavy atom. The van der Waals surface area contributed by atoms with Crippen molar-refractivity contribution in [2.75, 3.05) is 0 Å². The number of halogens is 2. The minimum Gasteiger partial charge on any atom is -0.473 e. The molecule has 0 N–H and O–H groups in total. The zero-order valence-electron chi connectivity index (χ0n) is 9.23. The zero-order valence-corrected chi connectivity index (χ0v) is 9.99. The maximum absolute atomic E-state index is 13.3. The number of aromatic nitrogens is 1. The molecule has 0 aliphatic rings. The molecule has 0 fully saturated rings. The first-order valence-electron chi connectivity index (χ1n) is 5.13. The average Bonchev–Trinajstić information content (AvgIpc) is 2.37. The van der Waals surface area contributed by atoms with E-state index >= 15 is 0 Å². The van der Waals surface area contributed by atoms with Gasteiger partial charge in [-0.25, -0.2) is 9.37 Å². The second-order valence-corrected chi connectivity index (χ2v) is 3.90. The first-order valence-corrected chi connectivity index (χ1v) is 5.51. The molecule has 0 atom stereocenters. The summed E-state index contributed by atoms with van der Waals surface area (Å²) in [4.78, 5) is 3.90. The Morgan fingerprint density at radius 2 is 2.11 bits per heavy atom. The molecule has 1 heterocycles. The van der Waals surface area contributed by atoms with Crippen molar-refractivity contribution in [1.82, 2.24) is 4.98 Å². The van der Waals surface area contributed by atoms with Gasteiger partial charge in [-0.15, -0.1) is 0 Å². The molecule has 0 radical (unpaired) electrons. The molecule has 2 aromatic rings. The number of benzene rings is 1. The Balaban J connectivity index is 2.14. The number of nitrogens with zero attached hydrogens (tertiary/aromatic N) is 2. The van der Waals surface area contributed by atoms with Crippen LogP contribution in [0.4, 0.5) is 4.39 Å². The summed E-state index contributed by atoms with van der Waals surface area (Å²) in [5.41, 5.74) is 0.760. The van der Waals surface area contributed by atoms with Crippen LogP contribution in [0.2, 0.25) is 5.15 Å². The van der Waals surface area contributed by atoms with E-state index in [0.717, 1.165) is 0 Å². The number of pyridine rings is 1. The third kappa shape index (κ3) is 2.96. The average molecular weight is 263 g/mol. The predicted molar refractivity (Wildman–Crippen MR) is 64.7 cm³/mol. The highest BCUT2D eigenvalue weighted by molar-refractivity contribution is 6.29. The summed E-state index contributed by atoms with van der Waals surface area (Å²) in [6, 6.07) is 11.1.